The molecule has 0 aromatic carbocycles. The summed E-state index contributed by atoms with van der Waals surface area (Å²) in [5, 5.41) is 0. The van der Waals surface area contributed by atoms with Crippen molar-refractivity contribution in [3.05, 3.63) is 36.3 Å². The quantitative estimate of drug-likeness (QED) is 0.708. The zero-order chi connectivity index (χ0) is 9.10. The summed E-state index contributed by atoms with van der Waals surface area (Å²) in [4.78, 5) is 4.43. The van der Waals surface area contributed by atoms with Gasteiger partial charge in [0.2, 0.25) is 0 Å². The Kier molecular flexibility index (Phi) is 2.27. The highest BCUT2D eigenvalue weighted by molar-refractivity contribution is 5.39. The third-order valence-corrected chi connectivity index (χ3v) is 1.98. The Bertz CT molecular complexity index is 361. The molecule has 0 aliphatic rings. The van der Waals surface area contributed by atoms with Crippen LogP contribution in [0.25, 0.3) is 5.65 Å². The highest BCUT2D eigenvalue weighted by Gasteiger charge is 1.99. The summed E-state index contributed by atoms with van der Waals surface area (Å²) < 4.78 is 7.01. The van der Waals surface area contributed by atoms with Gasteiger partial charge in [0.05, 0.1) is 12.3 Å². The van der Waals surface area contributed by atoms with Crippen LogP contribution in [-0.2, 0) is 11.2 Å². The van der Waals surface area contributed by atoms with Gasteiger partial charge < -0.3 is 9.14 Å². The molecule has 68 valence electrons. The maximum absolute atomic E-state index is 4.99. The lowest BCUT2D eigenvalue weighted by Crippen LogP contribution is -1.93. The summed E-state index contributed by atoms with van der Waals surface area (Å²) in [6.07, 6.45) is 4.91. The Morgan fingerprint density at radius 3 is 3.15 bits per heavy atom. The van der Waals surface area contributed by atoms with Crippen molar-refractivity contribution in [2.24, 2.45) is 0 Å². The largest absolute Gasteiger partial charge is 0.384 e. The first kappa shape index (κ1) is 8.26. The van der Waals surface area contributed by atoms with E-state index in [9.17, 15) is 0 Å². The molecular weight excluding hydrogens is 164 g/mol. The number of ether oxygens (including phenoxy) is 1. The minimum absolute atomic E-state index is 0.726. The molecule has 0 saturated heterocycles. The molecule has 3 heteroatoms. The van der Waals surface area contributed by atoms with Crippen molar-refractivity contribution in [3.8, 4) is 0 Å². The normalized spacial score (nSPS) is 10.8. The van der Waals surface area contributed by atoms with E-state index in [1.165, 1.54) is 0 Å². The Hall–Kier alpha value is -1.35. The van der Waals surface area contributed by atoms with Gasteiger partial charge in [-0.1, -0.05) is 6.07 Å². The average molecular weight is 176 g/mol. The SMILES string of the molecule is COCCc1cn2ccccc2n1. The second-order valence-electron chi connectivity index (χ2n) is 2.94. The number of imidazole rings is 1. The van der Waals surface area contributed by atoms with Gasteiger partial charge in [0.1, 0.15) is 5.65 Å². The summed E-state index contributed by atoms with van der Waals surface area (Å²) >= 11 is 0. The molecule has 2 aromatic heterocycles. The Morgan fingerprint density at radius 1 is 1.46 bits per heavy atom. The van der Waals surface area contributed by atoms with Gasteiger partial charge in [-0.2, -0.15) is 0 Å². The number of aromatic nitrogens is 2. The second-order valence-corrected chi connectivity index (χ2v) is 2.94. The van der Waals surface area contributed by atoms with E-state index < -0.39 is 0 Å². The third-order valence-electron chi connectivity index (χ3n) is 1.98. The van der Waals surface area contributed by atoms with Crippen LogP contribution in [0.15, 0.2) is 30.6 Å². The molecule has 0 unspecified atom stereocenters. The third kappa shape index (κ3) is 1.70. The lowest BCUT2D eigenvalue weighted by atomic mass is 10.3. The minimum atomic E-state index is 0.726. The van der Waals surface area contributed by atoms with E-state index in [4.69, 9.17) is 4.74 Å². The highest BCUT2D eigenvalue weighted by atomic mass is 16.5. The molecule has 13 heavy (non-hydrogen) atoms. The van der Waals surface area contributed by atoms with Crippen LogP contribution >= 0.6 is 0 Å². The summed E-state index contributed by atoms with van der Waals surface area (Å²) in [6, 6.07) is 5.98. The molecular formula is C10H12N2O. The zero-order valence-electron chi connectivity index (χ0n) is 7.60. The molecule has 0 fully saturated rings. The zero-order valence-corrected chi connectivity index (χ0v) is 7.60. The van der Waals surface area contributed by atoms with Crippen molar-refractivity contribution in [2.45, 2.75) is 6.42 Å². The molecule has 0 atom stereocenters. The first-order chi connectivity index (χ1) is 6.40. The summed E-state index contributed by atoms with van der Waals surface area (Å²) in [5.41, 5.74) is 2.07. The van der Waals surface area contributed by atoms with E-state index in [0.717, 1.165) is 24.4 Å². The Balaban J connectivity index is 2.28. The van der Waals surface area contributed by atoms with Crippen LogP contribution in [0.4, 0.5) is 0 Å². The van der Waals surface area contributed by atoms with Gasteiger partial charge in [0.25, 0.3) is 0 Å². The van der Waals surface area contributed by atoms with Gasteiger partial charge in [0.15, 0.2) is 0 Å². The molecule has 2 rings (SSSR count). The molecule has 0 bridgehead atoms. The van der Waals surface area contributed by atoms with Crippen LogP contribution in [0.2, 0.25) is 0 Å². The van der Waals surface area contributed by atoms with Gasteiger partial charge in [0, 0.05) is 25.9 Å². The number of methoxy groups -OCH3 is 1. The maximum Gasteiger partial charge on any atom is 0.136 e. The molecule has 3 nitrogen and oxygen atoms in total. The van der Waals surface area contributed by atoms with E-state index in [1.54, 1.807) is 7.11 Å². The van der Waals surface area contributed by atoms with E-state index in [2.05, 4.69) is 4.98 Å². The van der Waals surface area contributed by atoms with Crippen LogP contribution < -0.4 is 0 Å². The smallest absolute Gasteiger partial charge is 0.136 e. The summed E-state index contributed by atoms with van der Waals surface area (Å²) in [5.74, 6) is 0. The highest BCUT2D eigenvalue weighted by Crippen LogP contribution is 2.04. The Labute approximate surface area is 77.0 Å². The minimum Gasteiger partial charge on any atom is -0.384 e. The molecule has 0 saturated carbocycles. The van der Waals surface area contributed by atoms with Gasteiger partial charge in [-0.3, -0.25) is 0 Å². The van der Waals surface area contributed by atoms with Crippen LogP contribution in [0.5, 0.6) is 0 Å². The number of rotatable bonds is 3. The summed E-state index contributed by atoms with van der Waals surface area (Å²) in [7, 11) is 1.70. The van der Waals surface area contributed by atoms with Crippen molar-refractivity contribution in [1.82, 2.24) is 9.38 Å². The molecule has 0 amide bonds. The first-order valence-corrected chi connectivity index (χ1v) is 4.32. The maximum atomic E-state index is 4.99. The number of pyridine rings is 1. The fraction of sp³-hybridized carbons (Fsp3) is 0.300. The predicted octanol–water partition coefficient (Wildman–Crippen LogP) is 1.52. The van der Waals surface area contributed by atoms with Crippen molar-refractivity contribution >= 4 is 5.65 Å². The van der Waals surface area contributed by atoms with Crippen LogP contribution in [0, 0.1) is 0 Å². The molecule has 0 N–H and O–H groups in total. The molecule has 0 aliphatic heterocycles. The van der Waals surface area contributed by atoms with Crippen molar-refractivity contribution in [2.75, 3.05) is 13.7 Å². The van der Waals surface area contributed by atoms with Gasteiger partial charge in [-0.15, -0.1) is 0 Å². The van der Waals surface area contributed by atoms with Crippen molar-refractivity contribution < 1.29 is 4.74 Å². The number of hydrogen-bond acceptors (Lipinski definition) is 2. The standard InChI is InChI=1S/C10H12N2O/c1-13-7-5-9-8-12-6-3-2-4-10(12)11-9/h2-4,6,8H,5,7H2,1H3. The Morgan fingerprint density at radius 2 is 2.38 bits per heavy atom. The predicted molar refractivity (Wildman–Crippen MR) is 50.8 cm³/mol. The van der Waals surface area contributed by atoms with Crippen LogP contribution in [0.1, 0.15) is 5.69 Å². The number of hydrogen-bond donors (Lipinski definition) is 0. The van der Waals surface area contributed by atoms with Crippen LogP contribution in [0.3, 0.4) is 0 Å². The van der Waals surface area contributed by atoms with Gasteiger partial charge in [-0.25, -0.2) is 4.98 Å². The van der Waals surface area contributed by atoms with E-state index in [1.807, 2.05) is 35.0 Å². The van der Waals surface area contributed by atoms with Crippen molar-refractivity contribution in [1.29, 1.82) is 0 Å². The first-order valence-electron chi connectivity index (χ1n) is 4.32. The van der Waals surface area contributed by atoms with Gasteiger partial charge >= 0.3 is 0 Å². The monoisotopic (exact) mass is 176 g/mol. The molecule has 2 aromatic rings. The molecule has 0 radical (unpaired) electrons. The fourth-order valence-electron chi connectivity index (χ4n) is 1.31. The number of fused-ring (bicyclic) bond motifs is 1. The average Bonchev–Trinajstić information content (AvgIpc) is 2.57. The lowest BCUT2D eigenvalue weighted by Gasteiger charge is -1.91. The van der Waals surface area contributed by atoms with E-state index >= 15 is 0 Å². The molecule has 0 aliphatic carbocycles. The van der Waals surface area contributed by atoms with E-state index in [-0.39, 0.29) is 0 Å². The lowest BCUT2D eigenvalue weighted by molar-refractivity contribution is 0.201. The molecule has 2 heterocycles. The van der Waals surface area contributed by atoms with E-state index in [0.29, 0.717) is 0 Å². The molecule has 0 spiro atoms. The second kappa shape index (κ2) is 3.58. The van der Waals surface area contributed by atoms with Crippen molar-refractivity contribution in [3.63, 3.8) is 0 Å². The van der Waals surface area contributed by atoms with Crippen LogP contribution in [-0.4, -0.2) is 23.1 Å². The topological polar surface area (TPSA) is 26.5 Å². The van der Waals surface area contributed by atoms with Gasteiger partial charge in [-0.05, 0) is 12.1 Å². The fourth-order valence-corrected chi connectivity index (χ4v) is 1.31. The number of nitrogens with zero attached hydrogens (tertiary/aromatic N) is 2. The summed E-state index contributed by atoms with van der Waals surface area (Å²) in [6.45, 7) is 0.726.